The molecule has 3 aromatic rings. The number of nitrogens with zero attached hydrogens (tertiary/aromatic N) is 2. The van der Waals surface area contributed by atoms with E-state index in [1.54, 1.807) is 0 Å². The molecule has 0 unspecified atom stereocenters. The molecule has 0 atom stereocenters. The Balaban J connectivity index is 1.32. The van der Waals surface area contributed by atoms with Gasteiger partial charge in [0.05, 0.1) is 6.54 Å². The number of nitrogens with one attached hydrogen (secondary N) is 1. The lowest BCUT2D eigenvalue weighted by Gasteiger charge is -2.34. The molecule has 1 heterocycles. The van der Waals surface area contributed by atoms with Gasteiger partial charge in [-0.2, -0.15) is 0 Å². The minimum atomic E-state index is 0.0955. The van der Waals surface area contributed by atoms with E-state index in [0.717, 1.165) is 51.3 Å². The van der Waals surface area contributed by atoms with Gasteiger partial charge in [-0.05, 0) is 40.3 Å². The largest absolute Gasteiger partial charge is 0.324 e. The Morgan fingerprint density at radius 2 is 1.35 bits per heavy atom. The van der Waals surface area contributed by atoms with Crippen molar-refractivity contribution in [2.24, 2.45) is 0 Å². The molecule has 0 aromatic heterocycles. The van der Waals surface area contributed by atoms with Crippen LogP contribution >= 0.6 is 0 Å². The van der Waals surface area contributed by atoms with E-state index in [9.17, 15) is 4.79 Å². The van der Waals surface area contributed by atoms with Crippen LogP contribution in [-0.2, 0) is 24.2 Å². The minimum absolute atomic E-state index is 0.0955. The number of amides is 1. The summed E-state index contributed by atoms with van der Waals surface area (Å²) < 4.78 is 0. The third kappa shape index (κ3) is 5.15. The monoisotopic (exact) mass is 415 g/mol. The average Bonchev–Trinajstić information content (AvgIpc) is 2.80. The summed E-state index contributed by atoms with van der Waals surface area (Å²) in [5, 5.41) is 5.85. The molecule has 1 aliphatic heterocycles. The predicted molar refractivity (Wildman–Crippen MR) is 129 cm³/mol. The molecule has 31 heavy (non-hydrogen) atoms. The zero-order chi connectivity index (χ0) is 21.6. The van der Waals surface area contributed by atoms with Gasteiger partial charge in [0.2, 0.25) is 5.91 Å². The lowest BCUT2D eigenvalue weighted by atomic mass is 10.0. The summed E-state index contributed by atoms with van der Waals surface area (Å²) in [5.41, 5.74) is 4.83. The Bertz CT molecular complexity index is 1010. The third-order valence-electron chi connectivity index (χ3n) is 6.37. The third-order valence-corrected chi connectivity index (χ3v) is 6.37. The topological polar surface area (TPSA) is 35.6 Å². The van der Waals surface area contributed by atoms with Gasteiger partial charge in [0.25, 0.3) is 0 Å². The standard InChI is InChI=1S/C27H33N3O/c1-3-21-10-7-11-22(4-2)27(21)28-26(31)20-30-17-15-29(16-18-30)19-24-13-8-12-23-9-5-6-14-25(23)24/h5-14H,3-4,15-20H2,1-2H3,(H,28,31). The van der Waals surface area contributed by atoms with Crippen molar-refractivity contribution in [3.05, 3.63) is 77.4 Å². The fraction of sp³-hybridized carbons (Fsp3) is 0.370. The SMILES string of the molecule is CCc1cccc(CC)c1NC(=O)CN1CCN(Cc2cccc3ccccc23)CC1. The van der Waals surface area contributed by atoms with Crippen molar-refractivity contribution in [3.63, 3.8) is 0 Å². The molecule has 1 saturated heterocycles. The number of carbonyl (C=O) groups is 1. The first-order chi connectivity index (χ1) is 15.2. The Kier molecular flexibility index (Phi) is 7.00. The lowest BCUT2D eigenvalue weighted by molar-refractivity contribution is -0.117. The summed E-state index contributed by atoms with van der Waals surface area (Å²) in [5.74, 6) is 0.0955. The van der Waals surface area contributed by atoms with Crippen LogP contribution in [0, 0.1) is 0 Å². The van der Waals surface area contributed by atoms with Crippen molar-refractivity contribution in [2.75, 3.05) is 38.0 Å². The van der Waals surface area contributed by atoms with Crippen LogP contribution in [0.15, 0.2) is 60.7 Å². The minimum Gasteiger partial charge on any atom is -0.324 e. The van der Waals surface area contributed by atoms with Crippen LogP contribution in [0.1, 0.15) is 30.5 Å². The Hall–Kier alpha value is -2.69. The number of fused-ring (bicyclic) bond motifs is 1. The molecule has 4 heteroatoms. The molecule has 3 aromatic carbocycles. The molecule has 4 rings (SSSR count). The van der Waals surface area contributed by atoms with E-state index < -0.39 is 0 Å². The first-order valence-corrected chi connectivity index (χ1v) is 11.5. The highest BCUT2D eigenvalue weighted by atomic mass is 16.2. The second-order valence-electron chi connectivity index (χ2n) is 8.40. The quantitative estimate of drug-likeness (QED) is 0.606. The van der Waals surface area contributed by atoms with Gasteiger partial charge in [0.1, 0.15) is 0 Å². The second-order valence-corrected chi connectivity index (χ2v) is 8.40. The maximum absolute atomic E-state index is 12.8. The number of carbonyl (C=O) groups excluding carboxylic acids is 1. The zero-order valence-electron chi connectivity index (χ0n) is 18.7. The van der Waals surface area contributed by atoms with Crippen LogP contribution in [0.5, 0.6) is 0 Å². The van der Waals surface area contributed by atoms with E-state index in [1.807, 2.05) is 0 Å². The van der Waals surface area contributed by atoms with Gasteiger partial charge in [-0.3, -0.25) is 14.6 Å². The molecule has 0 spiro atoms. The smallest absolute Gasteiger partial charge is 0.238 e. The molecular weight excluding hydrogens is 382 g/mol. The summed E-state index contributed by atoms with van der Waals surface area (Å²) in [6, 6.07) is 21.5. The lowest BCUT2D eigenvalue weighted by Crippen LogP contribution is -2.48. The van der Waals surface area contributed by atoms with Gasteiger partial charge in [0.15, 0.2) is 0 Å². The fourth-order valence-electron chi connectivity index (χ4n) is 4.56. The fourth-order valence-corrected chi connectivity index (χ4v) is 4.56. The van der Waals surface area contributed by atoms with Crippen LogP contribution in [0.3, 0.4) is 0 Å². The number of para-hydroxylation sites is 1. The van der Waals surface area contributed by atoms with Crippen molar-refractivity contribution >= 4 is 22.4 Å². The maximum Gasteiger partial charge on any atom is 0.238 e. The highest BCUT2D eigenvalue weighted by Gasteiger charge is 2.20. The zero-order valence-corrected chi connectivity index (χ0v) is 18.7. The molecule has 0 radical (unpaired) electrons. The van der Waals surface area contributed by atoms with Crippen molar-refractivity contribution < 1.29 is 4.79 Å². The number of hydrogen-bond donors (Lipinski definition) is 1. The maximum atomic E-state index is 12.8. The van der Waals surface area contributed by atoms with Crippen LogP contribution in [0.25, 0.3) is 10.8 Å². The normalized spacial score (nSPS) is 15.3. The van der Waals surface area contributed by atoms with Gasteiger partial charge in [-0.1, -0.05) is 74.5 Å². The number of aryl methyl sites for hydroxylation is 2. The molecule has 162 valence electrons. The summed E-state index contributed by atoms with van der Waals surface area (Å²) in [6.45, 7) is 9.53. The average molecular weight is 416 g/mol. The van der Waals surface area contributed by atoms with Crippen LogP contribution in [0.2, 0.25) is 0 Å². The first-order valence-electron chi connectivity index (χ1n) is 11.5. The molecule has 0 bridgehead atoms. The Morgan fingerprint density at radius 1 is 0.774 bits per heavy atom. The molecule has 0 aliphatic carbocycles. The summed E-state index contributed by atoms with van der Waals surface area (Å²) in [4.78, 5) is 17.5. The van der Waals surface area contributed by atoms with E-state index in [4.69, 9.17) is 0 Å². The highest BCUT2D eigenvalue weighted by molar-refractivity contribution is 5.94. The van der Waals surface area contributed by atoms with Gasteiger partial charge in [0, 0.05) is 38.4 Å². The molecule has 1 amide bonds. The Morgan fingerprint density at radius 3 is 2.06 bits per heavy atom. The molecule has 4 nitrogen and oxygen atoms in total. The van der Waals surface area contributed by atoms with Crippen molar-refractivity contribution in [1.29, 1.82) is 0 Å². The van der Waals surface area contributed by atoms with Gasteiger partial charge >= 0.3 is 0 Å². The Labute approximate surface area is 185 Å². The summed E-state index contributed by atoms with van der Waals surface area (Å²) in [7, 11) is 0. The number of benzene rings is 3. The van der Waals surface area contributed by atoms with Crippen LogP contribution < -0.4 is 5.32 Å². The van der Waals surface area contributed by atoms with E-state index in [-0.39, 0.29) is 5.91 Å². The first kappa shape index (κ1) is 21.5. The van der Waals surface area contributed by atoms with E-state index >= 15 is 0 Å². The predicted octanol–water partition coefficient (Wildman–Crippen LogP) is 4.72. The highest BCUT2D eigenvalue weighted by Crippen LogP contribution is 2.23. The van der Waals surface area contributed by atoms with Crippen molar-refractivity contribution in [3.8, 4) is 0 Å². The molecule has 1 fully saturated rings. The van der Waals surface area contributed by atoms with E-state index in [2.05, 4.69) is 89.6 Å². The van der Waals surface area contributed by atoms with Gasteiger partial charge in [-0.25, -0.2) is 0 Å². The second kappa shape index (κ2) is 10.1. The van der Waals surface area contributed by atoms with Crippen LogP contribution in [0.4, 0.5) is 5.69 Å². The number of hydrogen-bond acceptors (Lipinski definition) is 3. The molecular formula is C27H33N3O. The van der Waals surface area contributed by atoms with E-state index in [1.165, 1.54) is 27.5 Å². The van der Waals surface area contributed by atoms with Crippen molar-refractivity contribution in [1.82, 2.24) is 9.80 Å². The van der Waals surface area contributed by atoms with Gasteiger partial charge < -0.3 is 5.32 Å². The van der Waals surface area contributed by atoms with E-state index in [0.29, 0.717) is 6.54 Å². The molecule has 0 saturated carbocycles. The molecule has 1 aliphatic rings. The molecule has 1 N–H and O–H groups in total. The van der Waals surface area contributed by atoms with Crippen molar-refractivity contribution in [2.45, 2.75) is 33.2 Å². The van der Waals surface area contributed by atoms with Gasteiger partial charge in [-0.15, -0.1) is 0 Å². The van der Waals surface area contributed by atoms with Crippen LogP contribution in [-0.4, -0.2) is 48.4 Å². The number of anilines is 1. The summed E-state index contributed by atoms with van der Waals surface area (Å²) in [6.07, 6.45) is 1.85. The summed E-state index contributed by atoms with van der Waals surface area (Å²) >= 11 is 0. The number of rotatable bonds is 7. The number of piperazine rings is 1.